The number of benzene rings is 17. The molecule has 6 heterocycles. The summed E-state index contributed by atoms with van der Waals surface area (Å²) in [5.41, 5.74) is 14.6. The van der Waals surface area contributed by atoms with E-state index < -0.39 is 0 Å². The normalized spacial score (nSPS) is 12.1. The highest BCUT2D eigenvalue weighted by molar-refractivity contribution is 7.27. The van der Waals surface area contributed by atoms with Crippen molar-refractivity contribution in [2.45, 2.75) is 0 Å². The van der Waals surface area contributed by atoms with Gasteiger partial charge in [-0.3, -0.25) is 0 Å². The first-order valence-electron chi connectivity index (χ1n) is 36.4. The molecule has 0 atom stereocenters. The van der Waals surface area contributed by atoms with Crippen molar-refractivity contribution in [3.05, 3.63) is 340 Å². The largest absolute Gasteiger partial charge is 0.309 e. The van der Waals surface area contributed by atoms with Gasteiger partial charge in [-0.25, -0.2) is 29.9 Å². The van der Waals surface area contributed by atoms with Crippen molar-refractivity contribution in [1.29, 1.82) is 0 Å². The lowest BCUT2D eigenvalue weighted by molar-refractivity contribution is 1.07. The fourth-order valence-corrected chi connectivity index (χ4v) is 19.4. The van der Waals surface area contributed by atoms with E-state index in [2.05, 4.69) is 294 Å². The number of aromatic nitrogens is 8. The van der Waals surface area contributed by atoms with E-state index in [9.17, 15) is 0 Å². The SMILES string of the molecule is c1ccc(-c2nc(-c3ccc(-c4ccc5c(c4)c4cc(-n6c7ccccc7c7c8sc9ccccc9c8ccc76)ccc4c4ccc(-c6nc(-c7ccccc7)nc(-c7ccccc7)n6)cc45)cc3)nc(-c3ccc4c(ccc5cc(-n6c7ccccc7c7ccc8c9ccccc9sc8c76)ccc54)c3)n2)cc1. The second kappa shape index (κ2) is 23.8. The van der Waals surface area contributed by atoms with Gasteiger partial charge in [0.15, 0.2) is 34.9 Å². The number of hydrogen-bond acceptors (Lipinski definition) is 8. The van der Waals surface area contributed by atoms with E-state index in [4.69, 9.17) is 29.9 Å². The summed E-state index contributed by atoms with van der Waals surface area (Å²) >= 11 is 3.76. The van der Waals surface area contributed by atoms with Gasteiger partial charge in [-0.2, -0.15) is 0 Å². The van der Waals surface area contributed by atoms with Crippen LogP contribution >= 0.6 is 22.7 Å². The van der Waals surface area contributed by atoms with Crippen LogP contribution < -0.4 is 0 Å². The summed E-state index contributed by atoms with van der Waals surface area (Å²) in [4.78, 5) is 31.2. The molecule has 108 heavy (non-hydrogen) atoms. The maximum atomic E-state index is 5.32. The van der Waals surface area contributed by atoms with Gasteiger partial charge in [-0.1, -0.05) is 267 Å². The van der Waals surface area contributed by atoms with E-state index in [1.807, 2.05) is 77.3 Å². The van der Waals surface area contributed by atoms with Crippen molar-refractivity contribution in [3.63, 3.8) is 0 Å². The van der Waals surface area contributed by atoms with Crippen LogP contribution in [-0.4, -0.2) is 39.0 Å². The van der Waals surface area contributed by atoms with Gasteiger partial charge in [-0.05, 0) is 138 Å². The Kier molecular flexibility index (Phi) is 13.3. The van der Waals surface area contributed by atoms with E-state index in [-0.39, 0.29) is 0 Å². The topological polar surface area (TPSA) is 87.2 Å². The van der Waals surface area contributed by atoms with E-state index in [1.165, 1.54) is 94.7 Å². The molecule has 0 fully saturated rings. The van der Waals surface area contributed by atoms with E-state index in [1.54, 1.807) is 0 Å². The van der Waals surface area contributed by atoms with Crippen molar-refractivity contribution in [1.82, 2.24) is 39.0 Å². The van der Waals surface area contributed by atoms with Crippen LogP contribution in [0.1, 0.15) is 0 Å². The molecule has 0 aliphatic carbocycles. The van der Waals surface area contributed by atoms with Crippen molar-refractivity contribution < 1.29 is 0 Å². The minimum absolute atomic E-state index is 0.594. The molecule has 23 rings (SSSR count). The molecule has 0 saturated heterocycles. The van der Waals surface area contributed by atoms with Crippen LogP contribution in [0.4, 0.5) is 0 Å². The average Bonchev–Trinajstić information content (AvgIpc) is 1.52. The molecule has 0 N–H and O–H groups in total. The van der Waals surface area contributed by atoms with Gasteiger partial charge in [-0.15, -0.1) is 22.7 Å². The van der Waals surface area contributed by atoms with Gasteiger partial charge in [0.25, 0.3) is 0 Å². The maximum Gasteiger partial charge on any atom is 0.164 e. The number of para-hydroxylation sites is 2. The second-order valence-electron chi connectivity index (χ2n) is 28.0. The maximum absolute atomic E-state index is 5.32. The number of hydrogen-bond donors (Lipinski definition) is 0. The Balaban J connectivity index is 0.647. The molecule has 6 aromatic heterocycles. The first kappa shape index (κ1) is 60.5. The molecular formula is C98H56N8S2. The van der Waals surface area contributed by atoms with E-state index in [0.717, 1.165) is 99.0 Å². The Labute approximate surface area is 625 Å². The molecule has 8 nitrogen and oxygen atoms in total. The van der Waals surface area contributed by atoms with Crippen molar-refractivity contribution in [2.24, 2.45) is 0 Å². The highest BCUT2D eigenvalue weighted by Gasteiger charge is 2.24. The molecule has 500 valence electrons. The Hall–Kier alpha value is -13.9. The lowest BCUT2D eigenvalue weighted by Crippen LogP contribution is -2.00. The molecule has 0 unspecified atom stereocenters. The lowest BCUT2D eigenvalue weighted by Gasteiger charge is -2.16. The van der Waals surface area contributed by atoms with Gasteiger partial charge >= 0.3 is 0 Å². The molecule has 10 heteroatoms. The number of rotatable bonds is 9. The zero-order valence-corrected chi connectivity index (χ0v) is 59.4. The molecule has 23 aromatic rings. The molecule has 0 bridgehead atoms. The Morgan fingerprint density at radius 3 is 1.19 bits per heavy atom. The van der Waals surface area contributed by atoms with Crippen molar-refractivity contribution >= 4 is 160 Å². The molecular weight excluding hydrogens is 1350 g/mol. The first-order valence-corrected chi connectivity index (χ1v) is 38.0. The second-order valence-corrected chi connectivity index (χ2v) is 30.1. The van der Waals surface area contributed by atoms with Gasteiger partial charge < -0.3 is 9.13 Å². The van der Waals surface area contributed by atoms with Crippen LogP contribution in [0.25, 0.3) is 229 Å². The molecule has 0 aliphatic rings. The average molecular weight is 1410 g/mol. The molecule has 0 amide bonds. The van der Waals surface area contributed by atoms with Crippen LogP contribution in [0.15, 0.2) is 340 Å². The molecule has 0 spiro atoms. The summed E-state index contributed by atoms with van der Waals surface area (Å²) in [6, 6.07) is 123. The van der Waals surface area contributed by atoms with Gasteiger partial charge in [0, 0.05) is 102 Å². The van der Waals surface area contributed by atoms with E-state index in [0.29, 0.717) is 34.9 Å². The van der Waals surface area contributed by atoms with Crippen LogP contribution in [0.5, 0.6) is 0 Å². The predicted octanol–water partition coefficient (Wildman–Crippen LogP) is 26.4. The zero-order valence-electron chi connectivity index (χ0n) is 57.7. The fourth-order valence-electron chi connectivity index (χ4n) is 16.9. The van der Waals surface area contributed by atoms with Crippen molar-refractivity contribution in [2.75, 3.05) is 0 Å². The van der Waals surface area contributed by atoms with Gasteiger partial charge in [0.05, 0.1) is 26.8 Å². The number of fused-ring (bicyclic) bond motifs is 23. The third kappa shape index (κ3) is 9.47. The predicted molar refractivity (Wildman–Crippen MR) is 453 cm³/mol. The third-order valence-electron chi connectivity index (χ3n) is 22.0. The van der Waals surface area contributed by atoms with Crippen LogP contribution in [0.3, 0.4) is 0 Å². The summed E-state index contributed by atoms with van der Waals surface area (Å²) in [5, 5.41) is 21.6. The standard InChI is InChI=1S/C98H56N8S2/c1-4-18-58(19-5-1)93-99-94(59-20-6-2-7-21-59)103-98(102-93)66-40-45-71-72-47-42-68(105-85-29-15-11-27-80(85)89-86(105)51-50-78-75-25-12-16-30-87(75)107-91(78)89)56-83(72)82-54-62(38-44-73(82)81(71)55-66)57-32-34-61(35-33-57)96-100-95(60-22-8-3-9-23-60)101-97(104-96)65-39-43-69-63(52-65)36-37-64-53-67(41-46-70(64)69)106-84-28-14-10-24-74(84)77-48-49-79-76-26-13-17-31-88(76)108-92(79)90(77)106/h1-56H. The summed E-state index contributed by atoms with van der Waals surface area (Å²) in [6.07, 6.45) is 0. The summed E-state index contributed by atoms with van der Waals surface area (Å²) in [7, 11) is 0. The highest BCUT2D eigenvalue weighted by Crippen LogP contribution is 2.48. The molecule has 0 radical (unpaired) electrons. The zero-order chi connectivity index (χ0) is 70.7. The van der Waals surface area contributed by atoms with Crippen LogP contribution in [0.2, 0.25) is 0 Å². The minimum Gasteiger partial charge on any atom is -0.309 e. The molecule has 0 saturated carbocycles. The van der Waals surface area contributed by atoms with Crippen molar-refractivity contribution in [3.8, 4) is 90.8 Å². The quantitative estimate of drug-likeness (QED) is 0.134. The first-order chi connectivity index (χ1) is 53.5. The Morgan fingerprint density at radius 1 is 0.194 bits per heavy atom. The van der Waals surface area contributed by atoms with Gasteiger partial charge in [0.2, 0.25) is 0 Å². The number of thiophene rings is 2. The number of nitrogens with zero attached hydrogens (tertiary/aromatic N) is 8. The third-order valence-corrected chi connectivity index (χ3v) is 24.4. The summed E-state index contributed by atoms with van der Waals surface area (Å²) < 4.78 is 10.1. The smallest absolute Gasteiger partial charge is 0.164 e. The van der Waals surface area contributed by atoms with Gasteiger partial charge in [0.1, 0.15) is 0 Å². The van der Waals surface area contributed by atoms with Crippen LogP contribution in [0, 0.1) is 0 Å². The molecule has 0 aliphatic heterocycles. The van der Waals surface area contributed by atoms with E-state index >= 15 is 0 Å². The highest BCUT2D eigenvalue weighted by atomic mass is 32.1. The van der Waals surface area contributed by atoms with Crippen LogP contribution in [-0.2, 0) is 0 Å². The summed E-state index contributed by atoms with van der Waals surface area (Å²) in [5.74, 6) is 3.66. The summed E-state index contributed by atoms with van der Waals surface area (Å²) in [6.45, 7) is 0. The Morgan fingerprint density at radius 2 is 0.574 bits per heavy atom. The minimum atomic E-state index is 0.594. The monoisotopic (exact) mass is 1410 g/mol. The lowest BCUT2D eigenvalue weighted by atomic mass is 9.90. The Bertz CT molecular complexity index is 7670. The fraction of sp³-hybridized carbons (Fsp3) is 0. The molecule has 17 aromatic carbocycles.